The van der Waals surface area contributed by atoms with Gasteiger partial charge in [-0.15, -0.1) is 0 Å². The smallest absolute Gasteiger partial charge is 0.309 e. The second-order valence-electron chi connectivity index (χ2n) is 6.72. The molecule has 0 amide bonds. The summed E-state index contributed by atoms with van der Waals surface area (Å²) in [6.45, 7) is 6.52. The van der Waals surface area contributed by atoms with E-state index >= 15 is 0 Å². The second kappa shape index (κ2) is 5.80. The maximum atomic E-state index is 11.4. The molecule has 1 saturated carbocycles. The Balaban J connectivity index is 2.01. The van der Waals surface area contributed by atoms with Crippen LogP contribution in [0.25, 0.3) is 0 Å². The van der Waals surface area contributed by atoms with E-state index in [2.05, 4.69) is 4.90 Å². The van der Waals surface area contributed by atoms with Crippen LogP contribution in [0.5, 0.6) is 0 Å². The number of likely N-dealkylation sites (tertiary alicyclic amines) is 1. The number of rotatable bonds is 6. The molecular formula is C15H27NO3. The first kappa shape index (κ1) is 14.8. The van der Waals surface area contributed by atoms with Gasteiger partial charge in [0.15, 0.2) is 0 Å². The molecule has 110 valence electrons. The van der Waals surface area contributed by atoms with Gasteiger partial charge in [0.2, 0.25) is 0 Å². The number of hydrogen-bond acceptors (Lipinski definition) is 3. The van der Waals surface area contributed by atoms with Crippen LogP contribution in [0.15, 0.2) is 0 Å². The average molecular weight is 269 g/mol. The van der Waals surface area contributed by atoms with Crippen LogP contribution in [0.3, 0.4) is 0 Å². The third-order valence-corrected chi connectivity index (χ3v) is 5.00. The van der Waals surface area contributed by atoms with Crippen LogP contribution in [0.1, 0.15) is 39.5 Å². The van der Waals surface area contributed by atoms with E-state index in [1.807, 2.05) is 13.8 Å². The monoisotopic (exact) mass is 269 g/mol. The summed E-state index contributed by atoms with van der Waals surface area (Å²) in [6.07, 6.45) is 4.74. The predicted molar refractivity (Wildman–Crippen MR) is 74.1 cm³/mol. The predicted octanol–water partition coefficient (Wildman–Crippen LogP) is 2.23. The van der Waals surface area contributed by atoms with Crippen LogP contribution in [0, 0.1) is 17.3 Å². The molecule has 1 aliphatic heterocycles. The number of piperidine rings is 1. The van der Waals surface area contributed by atoms with Crippen molar-refractivity contribution in [1.82, 2.24) is 4.90 Å². The van der Waals surface area contributed by atoms with E-state index in [4.69, 9.17) is 4.74 Å². The van der Waals surface area contributed by atoms with Crippen molar-refractivity contribution in [2.75, 3.05) is 26.8 Å². The molecule has 1 N–H and O–H groups in total. The summed E-state index contributed by atoms with van der Waals surface area (Å²) in [6, 6.07) is 0.498. The van der Waals surface area contributed by atoms with Crippen LogP contribution in [0.4, 0.5) is 0 Å². The fourth-order valence-corrected chi connectivity index (χ4v) is 3.26. The normalized spacial score (nSPS) is 27.2. The summed E-state index contributed by atoms with van der Waals surface area (Å²) in [5.74, 6) is 0.345. The van der Waals surface area contributed by atoms with Gasteiger partial charge in [-0.2, -0.15) is 0 Å². The Morgan fingerprint density at radius 1 is 1.42 bits per heavy atom. The Kier molecular flexibility index (Phi) is 4.51. The minimum absolute atomic E-state index is 0.247. The highest BCUT2D eigenvalue weighted by Gasteiger charge is 2.42. The lowest BCUT2D eigenvalue weighted by Gasteiger charge is -2.42. The largest absolute Gasteiger partial charge is 0.481 e. The van der Waals surface area contributed by atoms with E-state index in [-0.39, 0.29) is 5.92 Å². The van der Waals surface area contributed by atoms with Gasteiger partial charge in [0, 0.05) is 19.7 Å². The Bertz CT molecular complexity index is 325. The third kappa shape index (κ3) is 3.29. The van der Waals surface area contributed by atoms with Crippen molar-refractivity contribution in [1.29, 1.82) is 0 Å². The topological polar surface area (TPSA) is 49.8 Å². The standard InChI is InChI=1S/C15H27NO3/c1-15(2,14(17)18)12-5-4-8-16(9-12)13(10-19-3)11-6-7-11/h11-13H,4-10H2,1-3H3,(H,17,18). The summed E-state index contributed by atoms with van der Waals surface area (Å²) in [7, 11) is 1.76. The van der Waals surface area contributed by atoms with Crippen LogP contribution >= 0.6 is 0 Å². The van der Waals surface area contributed by atoms with Crippen molar-refractivity contribution in [3.05, 3.63) is 0 Å². The van der Waals surface area contributed by atoms with Gasteiger partial charge in [-0.25, -0.2) is 0 Å². The van der Waals surface area contributed by atoms with Gasteiger partial charge in [-0.3, -0.25) is 9.69 Å². The maximum absolute atomic E-state index is 11.4. The van der Waals surface area contributed by atoms with Crippen LogP contribution in [-0.4, -0.2) is 48.8 Å². The summed E-state index contributed by atoms with van der Waals surface area (Å²) < 4.78 is 5.37. The van der Waals surface area contributed by atoms with Gasteiger partial charge in [0.05, 0.1) is 12.0 Å². The lowest BCUT2D eigenvalue weighted by atomic mass is 9.74. The van der Waals surface area contributed by atoms with Crippen molar-refractivity contribution in [3.63, 3.8) is 0 Å². The number of methoxy groups -OCH3 is 1. The fraction of sp³-hybridized carbons (Fsp3) is 0.933. The molecule has 4 heteroatoms. The lowest BCUT2D eigenvalue weighted by Crippen LogP contribution is -2.50. The molecule has 2 unspecified atom stereocenters. The fourth-order valence-electron chi connectivity index (χ4n) is 3.26. The van der Waals surface area contributed by atoms with Gasteiger partial charge >= 0.3 is 5.97 Å². The third-order valence-electron chi connectivity index (χ3n) is 5.00. The molecule has 0 aromatic heterocycles. The Morgan fingerprint density at radius 3 is 2.63 bits per heavy atom. The molecule has 0 aromatic carbocycles. The number of nitrogens with zero attached hydrogens (tertiary/aromatic N) is 1. The number of carboxylic acid groups (broad SMARTS) is 1. The number of hydrogen-bond donors (Lipinski definition) is 1. The number of carbonyl (C=O) groups is 1. The molecule has 1 saturated heterocycles. The molecule has 4 nitrogen and oxygen atoms in total. The van der Waals surface area contributed by atoms with Crippen molar-refractivity contribution in [2.24, 2.45) is 17.3 Å². The number of carboxylic acids is 1. The van der Waals surface area contributed by atoms with Gasteiger partial charge in [-0.05, 0) is 57.9 Å². The molecular weight excluding hydrogens is 242 g/mol. The van der Waals surface area contributed by atoms with Crippen molar-refractivity contribution >= 4 is 5.97 Å². The van der Waals surface area contributed by atoms with Gasteiger partial charge in [0.1, 0.15) is 0 Å². The highest BCUT2D eigenvalue weighted by atomic mass is 16.5. The molecule has 2 atom stereocenters. The van der Waals surface area contributed by atoms with E-state index in [9.17, 15) is 9.90 Å². The van der Waals surface area contributed by atoms with Gasteiger partial charge < -0.3 is 9.84 Å². The molecule has 0 bridgehead atoms. The minimum atomic E-state index is -0.672. The molecule has 19 heavy (non-hydrogen) atoms. The second-order valence-corrected chi connectivity index (χ2v) is 6.72. The summed E-state index contributed by atoms with van der Waals surface area (Å²) in [4.78, 5) is 13.9. The van der Waals surface area contributed by atoms with E-state index in [0.29, 0.717) is 6.04 Å². The highest BCUT2D eigenvalue weighted by Crippen LogP contribution is 2.40. The zero-order chi connectivity index (χ0) is 14.0. The van der Waals surface area contributed by atoms with E-state index in [0.717, 1.165) is 38.5 Å². The van der Waals surface area contributed by atoms with E-state index in [1.165, 1.54) is 12.8 Å². The SMILES string of the molecule is COCC(C1CC1)N1CCCC(C(C)(C)C(=O)O)C1. The quantitative estimate of drug-likeness (QED) is 0.803. The molecule has 0 radical (unpaired) electrons. The minimum Gasteiger partial charge on any atom is -0.481 e. The van der Waals surface area contributed by atoms with Gasteiger partial charge in [-0.1, -0.05) is 0 Å². The molecule has 0 aromatic rings. The molecule has 1 heterocycles. The molecule has 2 fully saturated rings. The highest BCUT2D eigenvalue weighted by molar-refractivity contribution is 5.74. The first-order valence-electron chi connectivity index (χ1n) is 7.43. The van der Waals surface area contributed by atoms with Crippen LogP contribution in [0.2, 0.25) is 0 Å². The lowest BCUT2D eigenvalue weighted by molar-refractivity contribution is -0.151. The van der Waals surface area contributed by atoms with E-state index in [1.54, 1.807) is 7.11 Å². The number of aliphatic carboxylic acids is 1. The van der Waals surface area contributed by atoms with E-state index < -0.39 is 11.4 Å². The number of ether oxygens (including phenoxy) is 1. The molecule has 0 spiro atoms. The zero-order valence-corrected chi connectivity index (χ0v) is 12.4. The molecule has 2 aliphatic rings. The average Bonchev–Trinajstić information content (AvgIpc) is 3.20. The van der Waals surface area contributed by atoms with Crippen molar-refractivity contribution in [3.8, 4) is 0 Å². The van der Waals surface area contributed by atoms with Gasteiger partial charge in [0.25, 0.3) is 0 Å². The first-order valence-corrected chi connectivity index (χ1v) is 7.43. The maximum Gasteiger partial charge on any atom is 0.309 e. The van der Waals surface area contributed by atoms with Crippen LogP contribution < -0.4 is 0 Å². The van der Waals surface area contributed by atoms with Crippen molar-refractivity contribution in [2.45, 2.75) is 45.6 Å². The molecule has 2 rings (SSSR count). The first-order chi connectivity index (χ1) is 8.96. The Morgan fingerprint density at radius 2 is 2.11 bits per heavy atom. The van der Waals surface area contributed by atoms with Crippen LogP contribution in [-0.2, 0) is 9.53 Å². The van der Waals surface area contributed by atoms with Crippen molar-refractivity contribution < 1.29 is 14.6 Å². The Hall–Kier alpha value is -0.610. The summed E-state index contributed by atoms with van der Waals surface area (Å²) in [5.41, 5.74) is -0.625. The summed E-state index contributed by atoms with van der Waals surface area (Å²) in [5, 5.41) is 9.40. The summed E-state index contributed by atoms with van der Waals surface area (Å²) >= 11 is 0. The zero-order valence-electron chi connectivity index (χ0n) is 12.4. The molecule has 1 aliphatic carbocycles. The Labute approximate surface area is 116 Å².